The van der Waals surface area contributed by atoms with Crippen molar-refractivity contribution in [2.75, 3.05) is 0 Å². The molecule has 5 N–H and O–H groups in total. The molecule has 0 fully saturated rings. The van der Waals surface area contributed by atoms with E-state index >= 15 is 0 Å². The first kappa shape index (κ1) is 18.8. The standard InChI is InChI=1S/C15H17BN4O7/c21-6-10-11(7-22)20(19-18-10)5-13(23)17-12-4-8-2-1-3-9(15(24)25)14(8)27-16(12)26/h1-3,12,21-22,26H,4-7H2,(H,17,23)(H,24,25). The van der Waals surface area contributed by atoms with E-state index in [1.807, 2.05) is 0 Å². The third-order valence-corrected chi connectivity index (χ3v) is 4.21. The molecule has 1 atom stereocenters. The molecule has 1 amide bonds. The summed E-state index contributed by atoms with van der Waals surface area (Å²) in [5, 5.41) is 47.7. The lowest BCUT2D eigenvalue weighted by Gasteiger charge is -2.28. The van der Waals surface area contributed by atoms with Crippen LogP contribution in [0.15, 0.2) is 18.2 Å². The second-order valence-electron chi connectivity index (χ2n) is 5.94. The number of benzene rings is 1. The number of carboxylic acid groups (broad SMARTS) is 1. The second-order valence-corrected chi connectivity index (χ2v) is 5.94. The van der Waals surface area contributed by atoms with E-state index < -0.39 is 38.1 Å². The number of carbonyl (C=O) groups is 2. The Morgan fingerprint density at radius 1 is 1.33 bits per heavy atom. The van der Waals surface area contributed by atoms with Gasteiger partial charge in [-0.1, -0.05) is 17.3 Å². The molecule has 11 nitrogen and oxygen atoms in total. The number of amides is 1. The van der Waals surface area contributed by atoms with Crippen LogP contribution in [0.4, 0.5) is 0 Å². The van der Waals surface area contributed by atoms with Gasteiger partial charge in [-0.25, -0.2) is 9.48 Å². The number of nitrogens with one attached hydrogen (secondary N) is 1. The van der Waals surface area contributed by atoms with Gasteiger partial charge in [-0.15, -0.1) is 5.10 Å². The van der Waals surface area contributed by atoms with E-state index in [1.165, 1.54) is 6.07 Å². The number of rotatable bonds is 6. The summed E-state index contributed by atoms with van der Waals surface area (Å²) in [5.74, 6) is -2.42. The van der Waals surface area contributed by atoms with E-state index in [9.17, 15) is 24.8 Å². The lowest BCUT2D eigenvalue weighted by molar-refractivity contribution is -0.122. The fourth-order valence-corrected chi connectivity index (χ4v) is 2.90. The SMILES string of the molecule is O=C(Cn1nnc(CO)c1CO)NC1Cc2cccc(C(=O)O)c2OB1O. The molecule has 2 heterocycles. The number of carbonyl (C=O) groups excluding carboxylic acids is 1. The van der Waals surface area contributed by atoms with E-state index in [1.54, 1.807) is 12.1 Å². The van der Waals surface area contributed by atoms with Gasteiger partial charge in [0.05, 0.1) is 30.4 Å². The van der Waals surface area contributed by atoms with Crippen molar-refractivity contribution < 1.29 is 34.6 Å². The maximum atomic E-state index is 12.3. The van der Waals surface area contributed by atoms with Gasteiger partial charge >= 0.3 is 13.1 Å². The first-order chi connectivity index (χ1) is 12.9. The van der Waals surface area contributed by atoms with Gasteiger partial charge in [-0.2, -0.15) is 0 Å². The molecule has 1 aromatic carbocycles. The molecule has 0 radical (unpaired) electrons. The fraction of sp³-hybridized carbons (Fsp3) is 0.333. The predicted octanol–water partition coefficient (Wildman–Crippen LogP) is -1.90. The Kier molecular flexibility index (Phi) is 5.39. The van der Waals surface area contributed by atoms with E-state index in [2.05, 4.69) is 15.6 Å². The summed E-state index contributed by atoms with van der Waals surface area (Å²) in [5.41, 5.74) is 0.860. The van der Waals surface area contributed by atoms with Gasteiger partial charge in [0.25, 0.3) is 0 Å². The molecule has 0 spiro atoms. The molecule has 1 aromatic heterocycles. The second kappa shape index (κ2) is 7.74. The first-order valence-corrected chi connectivity index (χ1v) is 8.06. The lowest BCUT2D eigenvalue weighted by atomic mass is 9.72. The Morgan fingerprint density at radius 2 is 2.11 bits per heavy atom. The van der Waals surface area contributed by atoms with E-state index in [-0.39, 0.29) is 35.7 Å². The van der Waals surface area contributed by atoms with Gasteiger partial charge in [0, 0.05) is 0 Å². The van der Waals surface area contributed by atoms with Gasteiger partial charge in [0.15, 0.2) is 0 Å². The van der Waals surface area contributed by atoms with Crippen LogP contribution >= 0.6 is 0 Å². The Balaban J connectivity index is 1.71. The minimum Gasteiger partial charge on any atom is -0.534 e. The Bertz CT molecular complexity index is 872. The molecule has 2 aromatic rings. The highest BCUT2D eigenvalue weighted by atomic mass is 16.5. The van der Waals surface area contributed by atoms with Gasteiger partial charge in [-0.05, 0) is 18.1 Å². The minimum absolute atomic E-state index is 0.0666. The number of para-hydroxylation sites is 1. The molecule has 0 saturated carbocycles. The number of carboxylic acids is 1. The maximum Gasteiger partial charge on any atom is 0.547 e. The van der Waals surface area contributed by atoms with Crippen molar-refractivity contribution in [1.29, 1.82) is 0 Å². The van der Waals surface area contributed by atoms with Crippen molar-refractivity contribution in [3.05, 3.63) is 40.7 Å². The van der Waals surface area contributed by atoms with Crippen LogP contribution in [0.5, 0.6) is 5.75 Å². The maximum absolute atomic E-state index is 12.3. The molecule has 1 aliphatic heterocycles. The van der Waals surface area contributed by atoms with Crippen molar-refractivity contribution >= 4 is 19.0 Å². The van der Waals surface area contributed by atoms with Gasteiger partial charge in [0.1, 0.15) is 18.0 Å². The molecule has 0 aliphatic carbocycles. The summed E-state index contributed by atoms with van der Waals surface area (Å²) in [7, 11) is -1.43. The summed E-state index contributed by atoms with van der Waals surface area (Å²) in [6.07, 6.45) is 0.176. The van der Waals surface area contributed by atoms with Crippen molar-refractivity contribution in [3.8, 4) is 5.75 Å². The third kappa shape index (κ3) is 3.77. The average Bonchev–Trinajstić information content (AvgIpc) is 3.03. The van der Waals surface area contributed by atoms with Crippen LogP contribution in [0, 0.1) is 0 Å². The fourth-order valence-electron chi connectivity index (χ4n) is 2.90. The number of aromatic carboxylic acids is 1. The molecular formula is C15H17BN4O7. The highest BCUT2D eigenvalue weighted by Gasteiger charge is 2.37. The van der Waals surface area contributed by atoms with Crippen molar-refractivity contribution in [2.45, 2.75) is 32.1 Å². The van der Waals surface area contributed by atoms with Crippen LogP contribution in [-0.2, 0) is 31.0 Å². The van der Waals surface area contributed by atoms with Crippen LogP contribution in [-0.4, -0.2) is 60.3 Å². The van der Waals surface area contributed by atoms with Gasteiger partial charge in [0.2, 0.25) is 5.91 Å². The molecule has 0 bridgehead atoms. The van der Waals surface area contributed by atoms with Crippen molar-refractivity contribution in [3.63, 3.8) is 0 Å². The molecule has 142 valence electrons. The topological polar surface area (TPSA) is 167 Å². The zero-order valence-corrected chi connectivity index (χ0v) is 14.1. The van der Waals surface area contributed by atoms with E-state index in [4.69, 9.17) is 9.76 Å². The van der Waals surface area contributed by atoms with Crippen LogP contribution in [0.1, 0.15) is 27.3 Å². The highest BCUT2D eigenvalue weighted by molar-refractivity contribution is 6.47. The van der Waals surface area contributed by atoms with Crippen molar-refractivity contribution in [2.24, 2.45) is 0 Å². The summed E-state index contributed by atoms with van der Waals surface area (Å²) in [4.78, 5) is 23.5. The van der Waals surface area contributed by atoms with Gasteiger partial charge in [-0.3, -0.25) is 4.79 Å². The molecular weight excluding hydrogens is 359 g/mol. The Hall–Kier alpha value is -2.96. The van der Waals surface area contributed by atoms with E-state index in [0.717, 1.165) is 4.68 Å². The normalized spacial score (nSPS) is 15.8. The molecule has 27 heavy (non-hydrogen) atoms. The molecule has 1 aliphatic rings. The Morgan fingerprint density at radius 3 is 2.78 bits per heavy atom. The average molecular weight is 376 g/mol. The predicted molar refractivity (Wildman–Crippen MR) is 89.5 cm³/mol. The summed E-state index contributed by atoms with van der Waals surface area (Å²) in [6, 6.07) is 4.58. The number of fused-ring (bicyclic) bond motifs is 1. The zero-order valence-electron chi connectivity index (χ0n) is 14.1. The van der Waals surface area contributed by atoms with Crippen LogP contribution in [0.25, 0.3) is 0 Å². The van der Waals surface area contributed by atoms with Gasteiger partial charge < -0.3 is 30.3 Å². The third-order valence-electron chi connectivity index (χ3n) is 4.21. The van der Waals surface area contributed by atoms with Crippen LogP contribution < -0.4 is 9.97 Å². The summed E-state index contributed by atoms with van der Waals surface area (Å²) in [6.45, 7) is -1.15. The largest absolute Gasteiger partial charge is 0.547 e. The summed E-state index contributed by atoms with van der Waals surface area (Å²) >= 11 is 0. The monoisotopic (exact) mass is 376 g/mol. The quantitative estimate of drug-likeness (QED) is 0.362. The molecule has 12 heteroatoms. The number of hydrogen-bond acceptors (Lipinski definition) is 8. The first-order valence-electron chi connectivity index (χ1n) is 8.06. The summed E-state index contributed by atoms with van der Waals surface area (Å²) < 4.78 is 6.45. The lowest BCUT2D eigenvalue weighted by Crippen LogP contribution is -2.53. The number of aromatic nitrogens is 3. The van der Waals surface area contributed by atoms with Crippen LogP contribution in [0.2, 0.25) is 0 Å². The number of nitrogens with zero attached hydrogens (tertiary/aromatic N) is 3. The number of aliphatic hydroxyl groups excluding tert-OH is 2. The molecule has 0 saturated heterocycles. The smallest absolute Gasteiger partial charge is 0.534 e. The van der Waals surface area contributed by atoms with E-state index in [0.29, 0.717) is 5.56 Å². The molecule has 3 rings (SSSR count). The van der Waals surface area contributed by atoms with Crippen molar-refractivity contribution in [1.82, 2.24) is 20.3 Å². The molecule has 1 unspecified atom stereocenters. The zero-order chi connectivity index (χ0) is 19.6. The van der Waals surface area contributed by atoms with Crippen LogP contribution in [0.3, 0.4) is 0 Å². The Labute approximate surface area is 153 Å². The number of aliphatic hydroxyl groups is 2. The minimum atomic E-state index is -1.43. The highest BCUT2D eigenvalue weighted by Crippen LogP contribution is 2.30. The number of hydrogen-bond donors (Lipinski definition) is 5.